The van der Waals surface area contributed by atoms with Gasteiger partial charge in [0, 0.05) is 37.3 Å². The molecule has 2 N–H and O–H groups in total. The van der Waals surface area contributed by atoms with Gasteiger partial charge in [0.1, 0.15) is 11.6 Å². The van der Waals surface area contributed by atoms with Gasteiger partial charge in [0.15, 0.2) is 0 Å². The third-order valence-electron chi connectivity index (χ3n) is 6.34. The molecule has 5 aromatic rings. The van der Waals surface area contributed by atoms with Crippen molar-refractivity contribution in [2.45, 2.75) is 26.9 Å². The maximum Gasteiger partial charge on any atom is 0.251 e. The molecule has 5 rings (SSSR count). The largest absolute Gasteiger partial charge is 0.350 e. The van der Waals surface area contributed by atoms with Gasteiger partial charge in [-0.05, 0) is 62.4 Å². The number of benzene rings is 3. The van der Waals surface area contributed by atoms with E-state index in [0.29, 0.717) is 37.3 Å². The minimum absolute atomic E-state index is 0.175. The van der Waals surface area contributed by atoms with Crippen molar-refractivity contribution in [2.75, 3.05) is 13.1 Å². The average Bonchev–Trinajstić information content (AvgIpc) is 3.39. The SMILES string of the molecule is Cc1nc2ccccc2n1CCNC(=O)c1ccc(C(=O)NCCn2c(C)nc3ccccc32)cc1. The van der Waals surface area contributed by atoms with Crippen molar-refractivity contribution >= 4 is 33.9 Å². The van der Waals surface area contributed by atoms with E-state index in [-0.39, 0.29) is 11.8 Å². The lowest BCUT2D eigenvalue weighted by atomic mass is 10.1. The molecule has 0 aliphatic carbocycles. The predicted octanol–water partition coefficient (Wildman–Crippen LogP) is 3.86. The van der Waals surface area contributed by atoms with Crippen LogP contribution in [0.15, 0.2) is 72.8 Å². The van der Waals surface area contributed by atoms with Gasteiger partial charge in [0.05, 0.1) is 22.1 Å². The molecule has 8 heteroatoms. The highest BCUT2D eigenvalue weighted by Crippen LogP contribution is 2.16. The molecular formula is C28H28N6O2. The molecule has 0 aliphatic heterocycles. The van der Waals surface area contributed by atoms with E-state index in [1.54, 1.807) is 24.3 Å². The lowest BCUT2D eigenvalue weighted by Gasteiger charge is -2.10. The zero-order chi connectivity index (χ0) is 25.1. The molecule has 2 amide bonds. The molecule has 8 nitrogen and oxygen atoms in total. The first-order valence-electron chi connectivity index (χ1n) is 12.0. The molecule has 0 atom stereocenters. The van der Waals surface area contributed by atoms with Crippen molar-refractivity contribution < 1.29 is 9.59 Å². The standard InChI is InChI=1S/C28H28N6O2/c1-19-31-23-7-3-5-9-25(23)33(19)17-15-29-27(35)21-11-13-22(14-12-21)28(36)30-16-18-34-20(2)32-24-8-4-6-10-26(24)34/h3-14H,15-18H2,1-2H3,(H,29,35)(H,30,36). The Kier molecular flexibility index (Phi) is 6.49. The highest BCUT2D eigenvalue weighted by molar-refractivity contribution is 5.97. The second-order valence-electron chi connectivity index (χ2n) is 8.69. The van der Waals surface area contributed by atoms with Gasteiger partial charge >= 0.3 is 0 Å². The maximum atomic E-state index is 12.6. The number of carbonyl (C=O) groups excluding carboxylic acids is 2. The van der Waals surface area contributed by atoms with Gasteiger partial charge in [0.2, 0.25) is 0 Å². The molecule has 0 saturated carbocycles. The summed E-state index contributed by atoms with van der Waals surface area (Å²) in [7, 11) is 0. The number of aryl methyl sites for hydroxylation is 2. The lowest BCUT2D eigenvalue weighted by Crippen LogP contribution is -2.28. The van der Waals surface area contributed by atoms with E-state index in [1.807, 2.05) is 62.4 Å². The lowest BCUT2D eigenvalue weighted by molar-refractivity contribution is 0.0940. The fraction of sp³-hybridized carbons (Fsp3) is 0.214. The number of fused-ring (bicyclic) bond motifs is 2. The summed E-state index contributed by atoms with van der Waals surface area (Å²) in [6, 6.07) is 22.6. The van der Waals surface area contributed by atoms with E-state index >= 15 is 0 Å². The number of rotatable bonds is 8. The number of hydrogen-bond donors (Lipinski definition) is 2. The van der Waals surface area contributed by atoms with Gasteiger partial charge in [-0.15, -0.1) is 0 Å². The number of nitrogens with one attached hydrogen (secondary N) is 2. The Morgan fingerprint density at radius 2 is 1.03 bits per heavy atom. The Morgan fingerprint density at radius 1 is 0.639 bits per heavy atom. The normalized spacial score (nSPS) is 11.2. The van der Waals surface area contributed by atoms with E-state index in [0.717, 1.165) is 33.7 Å². The maximum absolute atomic E-state index is 12.6. The molecule has 2 heterocycles. The van der Waals surface area contributed by atoms with E-state index in [4.69, 9.17) is 0 Å². The van der Waals surface area contributed by atoms with Crippen LogP contribution in [0.25, 0.3) is 22.1 Å². The second-order valence-corrected chi connectivity index (χ2v) is 8.69. The van der Waals surface area contributed by atoms with Crippen LogP contribution in [0.4, 0.5) is 0 Å². The minimum Gasteiger partial charge on any atom is -0.350 e. The summed E-state index contributed by atoms with van der Waals surface area (Å²) in [5, 5.41) is 5.90. The number of hydrogen-bond acceptors (Lipinski definition) is 4. The van der Waals surface area contributed by atoms with Gasteiger partial charge < -0.3 is 19.8 Å². The van der Waals surface area contributed by atoms with Gasteiger partial charge in [-0.1, -0.05) is 24.3 Å². The summed E-state index contributed by atoms with van der Waals surface area (Å²) in [6.07, 6.45) is 0. The quantitative estimate of drug-likeness (QED) is 0.353. The molecule has 0 unspecified atom stereocenters. The van der Waals surface area contributed by atoms with Crippen molar-refractivity contribution in [3.05, 3.63) is 95.6 Å². The van der Waals surface area contributed by atoms with Crippen LogP contribution in [0, 0.1) is 13.8 Å². The van der Waals surface area contributed by atoms with E-state index in [9.17, 15) is 9.59 Å². The number of nitrogens with zero attached hydrogens (tertiary/aromatic N) is 4. The average molecular weight is 481 g/mol. The Hall–Kier alpha value is -4.46. The summed E-state index contributed by atoms with van der Waals surface area (Å²) >= 11 is 0. The molecule has 0 fully saturated rings. The smallest absolute Gasteiger partial charge is 0.251 e. The van der Waals surface area contributed by atoms with Crippen LogP contribution < -0.4 is 10.6 Å². The molecule has 0 aliphatic rings. The highest BCUT2D eigenvalue weighted by Gasteiger charge is 2.11. The van der Waals surface area contributed by atoms with Crippen LogP contribution in [0.1, 0.15) is 32.4 Å². The highest BCUT2D eigenvalue weighted by atomic mass is 16.2. The van der Waals surface area contributed by atoms with E-state index in [1.165, 1.54) is 0 Å². The number of carbonyl (C=O) groups is 2. The topological polar surface area (TPSA) is 93.8 Å². The third kappa shape index (κ3) is 4.70. The van der Waals surface area contributed by atoms with Crippen LogP contribution in [-0.2, 0) is 13.1 Å². The molecule has 0 saturated heterocycles. The van der Waals surface area contributed by atoms with Gasteiger partial charge in [-0.3, -0.25) is 9.59 Å². The first-order valence-corrected chi connectivity index (χ1v) is 12.0. The third-order valence-corrected chi connectivity index (χ3v) is 6.34. The van der Waals surface area contributed by atoms with Crippen molar-refractivity contribution in [3.63, 3.8) is 0 Å². The molecule has 36 heavy (non-hydrogen) atoms. The first kappa shape index (κ1) is 23.3. The zero-order valence-corrected chi connectivity index (χ0v) is 20.4. The number of amides is 2. The summed E-state index contributed by atoms with van der Waals surface area (Å²) in [4.78, 5) is 34.3. The van der Waals surface area contributed by atoms with Crippen LogP contribution in [0.5, 0.6) is 0 Å². The van der Waals surface area contributed by atoms with Gasteiger partial charge in [-0.25, -0.2) is 9.97 Å². The monoisotopic (exact) mass is 480 g/mol. The summed E-state index contributed by atoms with van der Waals surface area (Å²) in [6.45, 7) is 6.14. The van der Waals surface area contributed by atoms with Crippen LogP contribution in [0.3, 0.4) is 0 Å². The second kappa shape index (κ2) is 10.0. The Bertz CT molecular complexity index is 1430. The molecule has 0 bridgehead atoms. The summed E-state index contributed by atoms with van der Waals surface area (Å²) < 4.78 is 4.19. The number of imidazole rings is 2. The van der Waals surface area contributed by atoms with Crippen molar-refractivity contribution in [2.24, 2.45) is 0 Å². The van der Waals surface area contributed by atoms with Crippen LogP contribution in [0.2, 0.25) is 0 Å². The van der Waals surface area contributed by atoms with E-state index in [2.05, 4.69) is 29.7 Å². The summed E-state index contributed by atoms with van der Waals surface area (Å²) in [5.74, 6) is 1.48. The van der Waals surface area contributed by atoms with Crippen molar-refractivity contribution in [1.82, 2.24) is 29.7 Å². The van der Waals surface area contributed by atoms with E-state index < -0.39 is 0 Å². The Balaban J connectivity index is 1.13. The first-order chi connectivity index (χ1) is 17.5. The van der Waals surface area contributed by atoms with Crippen LogP contribution in [-0.4, -0.2) is 44.0 Å². The van der Waals surface area contributed by atoms with Crippen molar-refractivity contribution in [3.8, 4) is 0 Å². The number of para-hydroxylation sites is 4. The predicted molar refractivity (Wildman–Crippen MR) is 140 cm³/mol. The number of aromatic nitrogens is 4. The molecule has 0 radical (unpaired) electrons. The van der Waals surface area contributed by atoms with Crippen LogP contribution >= 0.6 is 0 Å². The Labute approximate surface area is 209 Å². The fourth-order valence-electron chi connectivity index (χ4n) is 4.50. The van der Waals surface area contributed by atoms with Gasteiger partial charge in [-0.2, -0.15) is 0 Å². The molecule has 0 spiro atoms. The molecule has 182 valence electrons. The molecule has 3 aromatic carbocycles. The van der Waals surface area contributed by atoms with Gasteiger partial charge in [0.25, 0.3) is 11.8 Å². The zero-order valence-electron chi connectivity index (χ0n) is 20.4. The summed E-state index contributed by atoms with van der Waals surface area (Å²) in [5.41, 5.74) is 5.03. The Morgan fingerprint density at radius 3 is 1.44 bits per heavy atom. The molecular weight excluding hydrogens is 452 g/mol. The fourth-order valence-corrected chi connectivity index (χ4v) is 4.50. The molecule has 2 aromatic heterocycles. The van der Waals surface area contributed by atoms with Crippen molar-refractivity contribution in [1.29, 1.82) is 0 Å². The minimum atomic E-state index is -0.175.